The molecule has 7 heteroatoms. The van der Waals surface area contributed by atoms with E-state index < -0.39 is 10.0 Å². The summed E-state index contributed by atoms with van der Waals surface area (Å²) in [6.45, 7) is 1.74. The first-order chi connectivity index (χ1) is 9.89. The third-order valence-corrected chi connectivity index (χ3v) is 4.36. The van der Waals surface area contributed by atoms with Gasteiger partial charge in [0.15, 0.2) is 0 Å². The number of aromatic nitrogens is 1. The largest absolute Gasteiger partial charge is 0.282 e. The number of pyridine rings is 1. The van der Waals surface area contributed by atoms with Gasteiger partial charge in [-0.15, -0.1) is 0 Å². The van der Waals surface area contributed by atoms with Gasteiger partial charge in [0.1, 0.15) is 5.15 Å². The highest BCUT2D eigenvalue weighted by Gasteiger charge is 2.13. The molecule has 21 heavy (non-hydrogen) atoms. The maximum absolute atomic E-state index is 12.1. The lowest BCUT2D eigenvalue weighted by Crippen LogP contribution is -2.15. The maximum Gasteiger partial charge on any atom is 0.236 e. The number of sulfonamides is 1. The Kier molecular flexibility index (Phi) is 4.46. The highest BCUT2D eigenvalue weighted by Crippen LogP contribution is 2.18. The van der Waals surface area contributed by atoms with Gasteiger partial charge in [-0.3, -0.25) is 4.72 Å². The number of rotatable bonds is 4. The first-order valence-corrected chi connectivity index (χ1v) is 8.04. The molecule has 0 aliphatic heterocycles. The number of benzene rings is 1. The van der Waals surface area contributed by atoms with Crippen molar-refractivity contribution in [2.45, 2.75) is 12.7 Å². The van der Waals surface area contributed by atoms with Crippen molar-refractivity contribution < 1.29 is 8.42 Å². The van der Waals surface area contributed by atoms with Crippen LogP contribution >= 0.6 is 11.6 Å². The second-order valence-corrected chi connectivity index (χ2v) is 6.59. The molecule has 0 saturated heterocycles. The van der Waals surface area contributed by atoms with Gasteiger partial charge in [0.2, 0.25) is 10.0 Å². The molecule has 1 N–H and O–H groups in total. The number of hydrogen-bond donors (Lipinski definition) is 1. The fourth-order valence-corrected chi connectivity index (χ4v) is 3.04. The van der Waals surface area contributed by atoms with Crippen LogP contribution in [0.2, 0.25) is 5.15 Å². The molecule has 0 spiro atoms. The molecular formula is C14H12ClN3O2S. The van der Waals surface area contributed by atoms with Crippen molar-refractivity contribution in [1.82, 2.24) is 4.98 Å². The van der Waals surface area contributed by atoms with Gasteiger partial charge in [0, 0.05) is 0 Å². The third-order valence-electron chi connectivity index (χ3n) is 2.70. The van der Waals surface area contributed by atoms with Crippen molar-refractivity contribution in [2.75, 3.05) is 4.72 Å². The van der Waals surface area contributed by atoms with E-state index in [9.17, 15) is 8.42 Å². The van der Waals surface area contributed by atoms with Gasteiger partial charge in [-0.1, -0.05) is 23.7 Å². The first-order valence-electron chi connectivity index (χ1n) is 6.01. The van der Waals surface area contributed by atoms with Crippen molar-refractivity contribution in [3.05, 3.63) is 58.4 Å². The molecule has 0 unspecified atom stereocenters. The molecule has 108 valence electrons. The van der Waals surface area contributed by atoms with Crippen LogP contribution in [0.5, 0.6) is 0 Å². The molecule has 5 nitrogen and oxygen atoms in total. The second kappa shape index (κ2) is 6.12. The summed E-state index contributed by atoms with van der Waals surface area (Å²) in [4.78, 5) is 3.89. The summed E-state index contributed by atoms with van der Waals surface area (Å²) in [5.74, 6) is -0.218. The van der Waals surface area contributed by atoms with Crippen molar-refractivity contribution in [3.63, 3.8) is 0 Å². The normalized spacial score (nSPS) is 10.9. The molecule has 0 fully saturated rings. The molecular weight excluding hydrogens is 310 g/mol. The highest BCUT2D eigenvalue weighted by atomic mass is 35.5. The van der Waals surface area contributed by atoms with Crippen LogP contribution in [-0.4, -0.2) is 13.4 Å². The molecule has 0 radical (unpaired) electrons. The van der Waals surface area contributed by atoms with E-state index in [-0.39, 0.29) is 5.75 Å². The lowest BCUT2D eigenvalue weighted by atomic mass is 10.2. The zero-order valence-corrected chi connectivity index (χ0v) is 12.7. The van der Waals surface area contributed by atoms with Crippen molar-refractivity contribution >= 4 is 27.3 Å². The zero-order valence-electron chi connectivity index (χ0n) is 11.2. The standard InChI is InChI=1S/C14H12ClN3O2S/c1-10-5-13(8-17-14(10)15)18-21(19,20)9-12-4-2-3-11(6-12)7-16/h2-6,8,18H,9H2,1H3. The van der Waals surface area contributed by atoms with E-state index in [1.807, 2.05) is 6.07 Å². The molecule has 1 aromatic heterocycles. The topological polar surface area (TPSA) is 82.9 Å². The summed E-state index contributed by atoms with van der Waals surface area (Å²) in [5, 5.41) is 9.15. The van der Waals surface area contributed by atoms with Crippen LogP contribution in [0.15, 0.2) is 36.5 Å². The fourth-order valence-electron chi connectivity index (χ4n) is 1.78. The second-order valence-electron chi connectivity index (χ2n) is 4.51. The quantitative estimate of drug-likeness (QED) is 0.878. The lowest BCUT2D eigenvalue weighted by Gasteiger charge is -2.09. The van der Waals surface area contributed by atoms with Crippen LogP contribution in [0.25, 0.3) is 0 Å². The molecule has 0 bridgehead atoms. The number of anilines is 1. The Bertz CT molecular complexity index is 813. The summed E-state index contributed by atoms with van der Waals surface area (Å²) in [7, 11) is -3.58. The van der Waals surface area contributed by atoms with Crippen molar-refractivity contribution in [3.8, 4) is 6.07 Å². The van der Waals surface area contributed by atoms with Crippen LogP contribution in [0, 0.1) is 18.3 Å². The van der Waals surface area contributed by atoms with Crippen LogP contribution in [-0.2, 0) is 15.8 Å². The van der Waals surface area contributed by atoms with Crippen molar-refractivity contribution in [1.29, 1.82) is 5.26 Å². The van der Waals surface area contributed by atoms with Crippen LogP contribution in [0.1, 0.15) is 16.7 Å². The first kappa shape index (κ1) is 15.3. The van der Waals surface area contributed by atoms with Gasteiger partial charge >= 0.3 is 0 Å². The van der Waals surface area contributed by atoms with E-state index >= 15 is 0 Å². The Morgan fingerprint density at radius 1 is 1.38 bits per heavy atom. The minimum atomic E-state index is -3.58. The van der Waals surface area contributed by atoms with Gasteiger partial charge in [0.05, 0.1) is 29.3 Å². The molecule has 0 aliphatic carbocycles. The summed E-state index contributed by atoms with van der Waals surface area (Å²) >= 11 is 5.80. The number of nitrogens with zero attached hydrogens (tertiary/aromatic N) is 2. The Morgan fingerprint density at radius 2 is 2.14 bits per heavy atom. The Balaban J connectivity index is 2.18. The predicted octanol–water partition coefficient (Wildman–Crippen LogP) is 2.86. The van der Waals surface area contributed by atoms with Gasteiger partial charge in [-0.2, -0.15) is 5.26 Å². The summed E-state index contributed by atoms with van der Waals surface area (Å²) < 4.78 is 26.7. The van der Waals surface area contributed by atoms with E-state index in [1.165, 1.54) is 6.20 Å². The monoisotopic (exact) mass is 321 g/mol. The van der Waals surface area contributed by atoms with Crippen molar-refractivity contribution in [2.24, 2.45) is 0 Å². The molecule has 0 saturated carbocycles. The van der Waals surface area contributed by atoms with E-state index in [2.05, 4.69) is 9.71 Å². The molecule has 1 heterocycles. The molecule has 0 amide bonds. The lowest BCUT2D eigenvalue weighted by molar-refractivity contribution is 0.600. The number of hydrogen-bond acceptors (Lipinski definition) is 4. The highest BCUT2D eigenvalue weighted by molar-refractivity contribution is 7.91. The minimum absolute atomic E-state index is 0.218. The van der Waals surface area contributed by atoms with Gasteiger partial charge in [-0.25, -0.2) is 13.4 Å². The third kappa shape index (κ3) is 4.18. The number of aryl methyl sites for hydroxylation is 1. The molecule has 0 aliphatic rings. The van der Waals surface area contributed by atoms with Gasteiger partial charge in [-0.05, 0) is 36.2 Å². The number of halogens is 1. The Hall–Kier alpha value is -2.10. The molecule has 0 atom stereocenters. The molecule has 2 aromatic rings. The molecule has 1 aromatic carbocycles. The summed E-state index contributed by atoms with van der Waals surface area (Å²) in [6.07, 6.45) is 1.36. The Labute approximate surface area is 128 Å². The summed E-state index contributed by atoms with van der Waals surface area (Å²) in [5.41, 5.74) is 2.00. The number of nitrogens with one attached hydrogen (secondary N) is 1. The number of nitriles is 1. The molecule has 2 rings (SSSR count). The van der Waals surface area contributed by atoms with E-state index in [1.54, 1.807) is 37.3 Å². The average Bonchev–Trinajstić information content (AvgIpc) is 2.42. The van der Waals surface area contributed by atoms with E-state index in [0.717, 1.165) is 0 Å². The van der Waals surface area contributed by atoms with Gasteiger partial charge < -0.3 is 0 Å². The Morgan fingerprint density at radius 3 is 2.81 bits per heavy atom. The van der Waals surface area contributed by atoms with Crippen LogP contribution in [0.3, 0.4) is 0 Å². The fraction of sp³-hybridized carbons (Fsp3) is 0.143. The minimum Gasteiger partial charge on any atom is -0.282 e. The van der Waals surface area contributed by atoms with E-state index in [4.69, 9.17) is 16.9 Å². The summed E-state index contributed by atoms with van der Waals surface area (Å²) in [6, 6.07) is 10.1. The van der Waals surface area contributed by atoms with Crippen LogP contribution < -0.4 is 4.72 Å². The van der Waals surface area contributed by atoms with Crippen LogP contribution in [0.4, 0.5) is 5.69 Å². The maximum atomic E-state index is 12.1. The smallest absolute Gasteiger partial charge is 0.236 e. The van der Waals surface area contributed by atoms with E-state index in [0.29, 0.717) is 27.5 Å². The predicted molar refractivity (Wildman–Crippen MR) is 81.4 cm³/mol. The SMILES string of the molecule is Cc1cc(NS(=O)(=O)Cc2cccc(C#N)c2)cnc1Cl. The zero-order chi connectivity index (χ0) is 15.5. The average molecular weight is 322 g/mol. The van der Waals surface area contributed by atoms with Gasteiger partial charge in [0.25, 0.3) is 0 Å².